The van der Waals surface area contributed by atoms with Gasteiger partial charge >= 0.3 is 6.18 Å². The van der Waals surface area contributed by atoms with E-state index in [1.54, 1.807) is 13.2 Å². The summed E-state index contributed by atoms with van der Waals surface area (Å²) in [6.45, 7) is 2.10. The molecule has 2 aromatic heterocycles. The lowest BCUT2D eigenvalue weighted by Crippen LogP contribution is -2.34. The number of fused-ring (bicyclic) bond motifs is 4. The summed E-state index contributed by atoms with van der Waals surface area (Å²) < 4.78 is 62.6. The molecule has 2 N–H and O–H groups in total. The van der Waals surface area contributed by atoms with Crippen LogP contribution < -0.4 is 10.6 Å². The van der Waals surface area contributed by atoms with E-state index in [0.29, 0.717) is 40.6 Å². The van der Waals surface area contributed by atoms with Gasteiger partial charge in [-0.25, -0.2) is 9.37 Å². The number of anilines is 2. The van der Waals surface area contributed by atoms with Crippen molar-refractivity contribution >= 4 is 28.3 Å². The van der Waals surface area contributed by atoms with E-state index < -0.39 is 29.5 Å². The van der Waals surface area contributed by atoms with Gasteiger partial charge in [0, 0.05) is 30.3 Å². The minimum atomic E-state index is -4.47. The Kier molecular flexibility index (Phi) is 5.46. The summed E-state index contributed by atoms with van der Waals surface area (Å²) in [5.41, 5.74) is 8.47. The van der Waals surface area contributed by atoms with Crippen LogP contribution in [-0.4, -0.2) is 20.7 Å². The van der Waals surface area contributed by atoms with Gasteiger partial charge in [0.1, 0.15) is 11.6 Å². The number of nitrogens with two attached hydrogens (primary N) is 1. The summed E-state index contributed by atoms with van der Waals surface area (Å²) in [4.78, 5) is 19.8. The van der Waals surface area contributed by atoms with Gasteiger partial charge in [0.15, 0.2) is 0 Å². The number of alkyl halides is 3. The number of benzene rings is 2. The van der Waals surface area contributed by atoms with E-state index in [2.05, 4.69) is 10.1 Å². The van der Waals surface area contributed by atoms with Crippen molar-refractivity contribution < 1.29 is 27.1 Å². The Bertz CT molecular complexity index is 1610. The van der Waals surface area contributed by atoms with Crippen LogP contribution in [0.2, 0.25) is 0 Å². The zero-order valence-corrected chi connectivity index (χ0v) is 20.5. The number of rotatable bonds is 3. The molecule has 2 aliphatic rings. The van der Waals surface area contributed by atoms with Crippen LogP contribution in [0.4, 0.5) is 29.1 Å². The number of aromatic nitrogens is 3. The summed E-state index contributed by atoms with van der Waals surface area (Å²) in [7, 11) is 1.68. The van der Waals surface area contributed by atoms with Crippen LogP contribution in [0.3, 0.4) is 0 Å². The van der Waals surface area contributed by atoms with Crippen LogP contribution in [0.15, 0.2) is 42.7 Å². The first-order valence-electron chi connectivity index (χ1n) is 12.1. The smallest absolute Gasteiger partial charge is 0.383 e. The highest BCUT2D eigenvalue weighted by Crippen LogP contribution is 2.43. The Morgan fingerprint density at radius 2 is 2.03 bits per heavy atom. The molecule has 4 aromatic rings. The van der Waals surface area contributed by atoms with Gasteiger partial charge in [-0.1, -0.05) is 6.07 Å². The highest BCUT2D eigenvalue weighted by atomic mass is 19.4. The fraction of sp³-hybridized carbons (Fsp3) is 0.296. The van der Waals surface area contributed by atoms with Gasteiger partial charge < -0.3 is 10.5 Å². The summed E-state index contributed by atoms with van der Waals surface area (Å²) in [5.74, 6) is -1.15. The van der Waals surface area contributed by atoms with E-state index in [-0.39, 0.29) is 24.1 Å². The van der Waals surface area contributed by atoms with E-state index in [1.165, 1.54) is 34.0 Å². The molecule has 1 unspecified atom stereocenters. The molecule has 0 spiro atoms. The topological polar surface area (TPSA) is 86.3 Å². The molecule has 0 bridgehead atoms. The van der Waals surface area contributed by atoms with E-state index >= 15 is 4.39 Å². The molecule has 38 heavy (non-hydrogen) atoms. The first-order valence-corrected chi connectivity index (χ1v) is 12.1. The molecule has 6 rings (SSSR count). The van der Waals surface area contributed by atoms with Crippen LogP contribution in [-0.2, 0) is 31.0 Å². The summed E-state index contributed by atoms with van der Waals surface area (Å²) >= 11 is 0. The molecule has 1 aliphatic carbocycles. The number of nitrogens with zero attached hydrogens (tertiary/aromatic N) is 4. The number of carbonyl (C=O) groups excluding carboxylic acids is 1. The van der Waals surface area contributed by atoms with E-state index in [1.807, 2.05) is 6.92 Å². The maximum atomic E-state index is 15.5. The number of halogens is 4. The number of pyridine rings is 1. The molecule has 0 radical (unpaired) electrons. The van der Waals surface area contributed by atoms with Crippen molar-refractivity contribution in [3.63, 3.8) is 0 Å². The predicted octanol–water partition coefficient (Wildman–Crippen LogP) is 5.63. The van der Waals surface area contributed by atoms with Gasteiger partial charge in [-0.05, 0) is 54.7 Å². The molecule has 7 nitrogen and oxygen atoms in total. The first-order chi connectivity index (χ1) is 18.0. The summed E-state index contributed by atoms with van der Waals surface area (Å²) in [6, 6.07) is 5.59. The Morgan fingerprint density at radius 1 is 1.24 bits per heavy atom. The van der Waals surface area contributed by atoms with Gasteiger partial charge in [-0.2, -0.15) is 18.3 Å². The third kappa shape index (κ3) is 3.80. The molecule has 3 heterocycles. The molecule has 1 aliphatic heterocycles. The van der Waals surface area contributed by atoms with Crippen molar-refractivity contribution in [2.24, 2.45) is 7.05 Å². The van der Waals surface area contributed by atoms with Crippen molar-refractivity contribution in [1.29, 1.82) is 0 Å². The van der Waals surface area contributed by atoms with Crippen molar-refractivity contribution in [1.82, 2.24) is 14.8 Å². The second kappa shape index (κ2) is 8.52. The van der Waals surface area contributed by atoms with Crippen molar-refractivity contribution in [3.8, 4) is 0 Å². The quantitative estimate of drug-likeness (QED) is 0.350. The van der Waals surface area contributed by atoms with Crippen molar-refractivity contribution in [2.45, 2.75) is 44.7 Å². The number of aryl methyl sites for hydroxylation is 2. The van der Waals surface area contributed by atoms with E-state index in [4.69, 9.17) is 10.5 Å². The fourth-order valence-corrected chi connectivity index (χ4v) is 5.59. The number of carbonyl (C=O) groups is 1. The van der Waals surface area contributed by atoms with Gasteiger partial charge in [0.2, 0.25) is 0 Å². The maximum absolute atomic E-state index is 15.5. The van der Waals surface area contributed by atoms with Gasteiger partial charge in [0.05, 0.1) is 47.3 Å². The minimum Gasteiger partial charge on any atom is -0.383 e. The Balaban J connectivity index is 1.48. The highest BCUT2D eigenvalue weighted by molar-refractivity contribution is 6.09. The largest absolute Gasteiger partial charge is 0.416 e. The van der Waals surface area contributed by atoms with Crippen LogP contribution in [0.1, 0.15) is 63.7 Å². The lowest BCUT2D eigenvalue weighted by atomic mass is 9.98. The number of hydrogen-bond acceptors (Lipinski definition) is 5. The standard InChI is InChI=1S/C27H23F4N5O2/c1-13-24-20(12-38-13)18-8-19(21(28)9-22(18)34-25(24)32)26(37)36(16-10-33-35(2)11-16)23-6-3-14-7-15(27(29,30)31)4-5-17(14)23/h4-5,7-11,13,23H,3,6,12H2,1-2H3,(H2,32,34)/t13-,23?/m1/s1. The minimum absolute atomic E-state index is 0.185. The molecule has 2 aromatic carbocycles. The van der Waals surface area contributed by atoms with Gasteiger partial charge in [-0.3, -0.25) is 14.4 Å². The Hall–Kier alpha value is -3.99. The lowest BCUT2D eigenvalue weighted by molar-refractivity contribution is -0.137. The highest BCUT2D eigenvalue weighted by Gasteiger charge is 2.38. The molecule has 196 valence electrons. The molecule has 0 saturated carbocycles. The zero-order valence-electron chi connectivity index (χ0n) is 20.5. The van der Waals surface area contributed by atoms with Crippen molar-refractivity contribution in [2.75, 3.05) is 10.6 Å². The summed E-state index contributed by atoms with van der Waals surface area (Å²) in [5, 5.41) is 4.73. The number of nitrogen functional groups attached to an aromatic ring is 1. The molecule has 1 amide bonds. The SMILES string of the molecule is C[C@H]1OCc2c1c(N)nc1cc(F)c(C(=O)N(c3cnn(C)c3)C3CCc4cc(C(F)(F)F)ccc43)cc21. The van der Waals surface area contributed by atoms with Gasteiger partial charge in [-0.15, -0.1) is 0 Å². The molecular formula is C27H23F4N5O2. The molecule has 0 saturated heterocycles. The number of hydrogen-bond donors (Lipinski definition) is 1. The Morgan fingerprint density at radius 3 is 2.74 bits per heavy atom. The first kappa shape index (κ1) is 24.4. The third-order valence-electron chi connectivity index (χ3n) is 7.38. The zero-order chi connectivity index (χ0) is 26.9. The monoisotopic (exact) mass is 525 g/mol. The number of amides is 1. The van der Waals surface area contributed by atoms with Crippen LogP contribution in [0.25, 0.3) is 10.9 Å². The third-order valence-corrected chi connectivity index (χ3v) is 7.38. The fourth-order valence-electron chi connectivity index (χ4n) is 5.59. The average Bonchev–Trinajstić information content (AvgIpc) is 3.57. The van der Waals surface area contributed by atoms with Crippen LogP contribution in [0.5, 0.6) is 0 Å². The maximum Gasteiger partial charge on any atom is 0.416 e. The second-order valence-electron chi connectivity index (χ2n) is 9.70. The van der Waals surface area contributed by atoms with Crippen LogP contribution in [0, 0.1) is 5.82 Å². The van der Waals surface area contributed by atoms with E-state index in [0.717, 1.165) is 23.3 Å². The molecule has 0 fully saturated rings. The van der Waals surface area contributed by atoms with Gasteiger partial charge in [0.25, 0.3) is 5.91 Å². The molecular weight excluding hydrogens is 502 g/mol. The normalized spacial score (nSPS) is 18.6. The number of ether oxygens (including phenoxy) is 1. The predicted molar refractivity (Wildman–Crippen MR) is 132 cm³/mol. The van der Waals surface area contributed by atoms with Crippen molar-refractivity contribution in [3.05, 3.63) is 81.9 Å². The second-order valence-corrected chi connectivity index (χ2v) is 9.70. The van der Waals surface area contributed by atoms with Crippen LogP contribution >= 0.6 is 0 Å². The Labute approximate surface area is 214 Å². The lowest BCUT2D eigenvalue weighted by Gasteiger charge is -2.29. The average molecular weight is 526 g/mol. The molecule has 2 atom stereocenters. The molecule has 11 heteroatoms. The summed E-state index contributed by atoms with van der Waals surface area (Å²) in [6.07, 6.45) is -0.928. The van der Waals surface area contributed by atoms with E-state index in [9.17, 15) is 18.0 Å².